The maximum absolute atomic E-state index is 11.9. The molecule has 0 aliphatic heterocycles. The van der Waals surface area contributed by atoms with E-state index in [0.29, 0.717) is 17.3 Å². The van der Waals surface area contributed by atoms with Crippen molar-refractivity contribution < 1.29 is 4.79 Å². The smallest absolute Gasteiger partial charge is 0.251 e. The second-order valence-electron chi connectivity index (χ2n) is 3.96. The van der Waals surface area contributed by atoms with Crippen LogP contribution in [0.5, 0.6) is 0 Å². The van der Waals surface area contributed by atoms with Gasteiger partial charge in [0.15, 0.2) is 0 Å². The van der Waals surface area contributed by atoms with Crippen molar-refractivity contribution in [1.29, 1.82) is 0 Å². The first-order valence-corrected chi connectivity index (χ1v) is 5.83. The minimum atomic E-state index is -0.178. The Kier molecular flexibility index (Phi) is 3.62. The first kappa shape index (κ1) is 12.6. The molecule has 0 saturated heterocycles. The number of carbonyl (C=O) groups excluding carboxylic acids is 1. The average molecular weight is 265 g/mol. The van der Waals surface area contributed by atoms with Gasteiger partial charge in [0, 0.05) is 37.1 Å². The van der Waals surface area contributed by atoms with Gasteiger partial charge in [-0.3, -0.25) is 9.48 Å². The van der Waals surface area contributed by atoms with Crippen molar-refractivity contribution >= 4 is 17.5 Å². The van der Waals surface area contributed by atoms with Crippen LogP contribution >= 0.6 is 11.6 Å². The number of hydrogen-bond donors (Lipinski definition) is 1. The highest BCUT2D eigenvalue weighted by atomic mass is 35.5. The second kappa shape index (κ2) is 5.18. The van der Waals surface area contributed by atoms with Gasteiger partial charge in [-0.25, -0.2) is 4.98 Å². The fourth-order valence-electron chi connectivity index (χ4n) is 1.64. The summed E-state index contributed by atoms with van der Waals surface area (Å²) < 4.78 is 1.72. The molecule has 0 fully saturated rings. The van der Waals surface area contributed by atoms with Crippen molar-refractivity contribution in [2.75, 3.05) is 0 Å². The van der Waals surface area contributed by atoms with Crippen LogP contribution in [0.3, 0.4) is 0 Å². The van der Waals surface area contributed by atoms with Crippen molar-refractivity contribution in [3.05, 3.63) is 46.5 Å². The Balaban J connectivity index is 2.02. The summed E-state index contributed by atoms with van der Waals surface area (Å²) in [6, 6.07) is 3.16. The van der Waals surface area contributed by atoms with Gasteiger partial charge in [-0.05, 0) is 19.1 Å². The molecule has 5 nitrogen and oxygen atoms in total. The first-order chi connectivity index (χ1) is 8.56. The molecule has 0 unspecified atom stereocenters. The minimum absolute atomic E-state index is 0.178. The van der Waals surface area contributed by atoms with Crippen LogP contribution in [-0.2, 0) is 13.6 Å². The Morgan fingerprint density at radius 1 is 1.56 bits per heavy atom. The molecule has 0 atom stereocenters. The lowest BCUT2D eigenvalue weighted by molar-refractivity contribution is 0.0951. The molecule has 0 aliphatic carbocycles. The Bertz CT molecular complexity index is 579. The van der Waals surface area contributed by atoms with Crippen LogP contribution in [0.15, 0.2) is 24.5 Å². The third-order valence-electron chi connectivity index (χ3n) is 2.54. The Morgan fingerprint density at radius 3 is 2.94 bits per heavy atom. The van der Waals surface area contributed by atoms with E-state index >= 15 is 0 Å². The molecule has 94 valence electrons. The summed E-state index contributed by atoms with van der Waals surface area (Å²) in [5, 5.41) is 7.33. The summed E-state index contributed by atoms with van der Waals surface area (Å²) in [6.45, 7) is 2.35. The largest absolute Gasteiger partial charge is 0.348 e. The zero-order valence-electron chi connectivity index (χ0n) is 10.1. The van der Waals surface area contributed by atoms with Gasteiger partial charge < -0.3 is 5.32 Å². The summed E-state index contributed by atoms with van der Waals surface area (Å²) in [5.74, 6) is -0.178. The number of pyridine rings is 1. The van der Waals surface area contributed by atoms with Crippen LogP contribution in [-0.4, -0.2) is 20.7 Å². The van der Waals surface area contributed by atoms with E-state index in [4.69, 9.17) is 11.6 Å². The van der Waals surface area contributed by atoms with E-state index in [1.165, 1.54) is 12.3 Å². The molecular weight excluding hydrogens is 252 g/mol. The molecular formula is C12H13ClN4O. The summed E-state index contributed by atoms with van der Waals surface area (Å²) in [6.07, 6.45) is 3.39. The molecule has 0 aromatic carbocycles. The highest BCUT2D eigenvalue weighted by Gasteiger charge is 2.08. The number of nitrogens with one attached hydrogen (secondary N) is 1. The van der Waals surface area contributed by atoms with E-state index in [0.717, 1.165) is 11.3 Å². The maximum Gasteiger partial charge on any atom is 0.251 e. The number of hydrogen-bond acceptors (Lipinski definition) is 3. The quantitative estimate of drug-likeness (QED) is 0.859. The SMILES string of the molecule is Cc1nn(C)cc1CNC(=O)c1ccnc(Cl)c1. The summed E-state index contributed by atoms with van der Waals surface area (Å²) >= 11 is 5.73. The molecule has 1 N–H and O–H groups in total. The molecule has 2 rings (SSSR count). The van der Waals surface area contributed by atoms with Gasteiger partial charge in [0.1, 0.15) is 5.15 Å². The fraction of sp³-hybridized carbons (Fsp3) is 0.250. The van der Waals surface area contributed by atoms with Crippen molar-refractivity contribution in [3.63, 3.8) is 0 Å². The maximum atomic E-state index is 11.9. The zero-order chi connectivity index (χ0) is 13.1. The van der Waals surface area contributed by atoms with Gasteiger partial charge in [0.25, 0.3) is 5.91 Å². The third-order valence-corrected chi connectivity index (χ3v) is 2.75. The third kappa shape index (κ3) is 2.87. The molecule has 18 heavy (non-hydrogen) atoms. The molecule has 0 aliphatic rings. The van der Waals surface area contributed by atoms with Crippen molar-refractivity contribution in [2.24, 2.45) is 7.05 Å². The van der Waals surface area contributed by atoms with Crippen molar-refractivity contribution in [1.82, 2.24) is 20.1 Å². The highest BCUT2D eigenvalue weighted by Crippen LogP contribution is 2.08. The van der Waals surface area contributed by atoms with Crippen molar-refractivity contribution in [3.8, 4) is 0 Å². The number of rotatable bonds is 3. The lowest BCUT2D eigenvalue weighted by Gasteiger charge is -2.04. The van der Waals surface area contributed by atoms with Gasteiger partial charge in [-0.2, -0.15) is 5.10 Å². The Hall–Kier alpha value is -1.88. The van der Waals surface area contributed by atoms with Crippen LogP contribution in [0.25, 0.3) is 0 Å². The first-order valence-electron chi connectivity index (χ1n) is 5.45. The van der Waals surface area contributed by atoms with Crippen LogP contribution in [0, 0.1) is 6.92 Å². The second-order valence-corrected chi connectivity index (χ2v) is 4.35. The van der Waals surface area contributed by atoms with Gasteiger partial charge >= 0.3 is 0 Å². The molecule has 1 amide bonds. The number of halogens is 1. The molecule has 0 bridgehead atoms. The Labute approximate surface area is 110 Å². The number of carbonyl (C=O) groups is 1. The van der Waals surface area contributed by atoms with Crippen LogP contribution in [0.1, 0.15) is 21.6 Å². The fourth-order valence-corrected chi connectivity index (χ4v) is 1.82. The highest BCUT2D eigenvalue weighted by molar-refractivity contribution is 6.29. The van der Waals surface area contributed by atoms with Crippen LogP contribution < -0.4 is 5.32 Å². The number of aryl methyl sites for hydroxylation is 2. The normalized spacial score (nSPS) is 10.4. The molecule has 6 heteroatoms. The molecule has 2 heterocycles. The van der Waals surface area contributed by atoms with E-state index in [1.54, 1.807) is 10.7 Å². The number of nitrogens with zero attached hydrogens (tertiary/aromatic N) is 3. The topological polar surface area (TPSA) is 59.8 Å². The predicted octanol–water partition coefficient (Wildman–Crippen LogP) is 1.71. The predicted molar refractivity (Wildman–Crippen MR) is 68.4 cm³/mol. The van der Waals surface area contributed by atoms with E-state index in [-0.39, 0.29) is 5.91 Å². The van der Waals surface area contributed by atoms with Crippen molar-refractivity contribution in [2.45, 2.75) is 13.5 Å². The average Bonchev–Trinajstić information content (AvgIpc) is 2.65. The summed E-state index contributed by atoms with van der Waals surface area (Å²) in [5.41, 5.74) is 2.40. The van der Waals surface area contributed by atoms with Gasteiger partial charge in [0.2, 0.25) is 0 Å². The molecule has 0 saturated carbocycles. The number of amides is 1. The lowest BCUT2D eigenvalue weighted by atomic mass is 10.2. The standard InChI is InChI=1S/C12H13ClN4O/c1-8-10(7-17(2)16-8)6-15-12(18)9-3-4-14-11(13)5-9/h3-5,7H,6H2,1-2H3,(H,15,18). The molecule has 0 spiro atoms. The van der Waals surface area contributed by atoms with Gasteiger partial charge in [-0.1, -0.05) is 11.6 Å². The molecule has 2 aromatic heterocycles. The zero-order valence-corrected chi connectivity index (χ0v) is 10.9. The Morgan fingerprint density at radius 2 is 2.33 bits per heavy atom. The van der Waals surface area contributed by atoms with E-state index in [9.17, 15) is 4.79 Å². The van der Waals surface area contributed by atoms with Crippen LogP contribution in [0.4, 0.5) is 0 Å². The molecule has 0 radical (unpaired) electrons. The van der Waals surface area contributed by atoms with E-state index < -0.39 is 0 Å². The molecule has 2 aromatic rings. The summed E-state index contributed by atoms with van der Waals surface area (Å²) in [7, 11) is 1.85. The summed E-state index contributed by atoms with van der Waals surface area (Å²) in [4.78, 5) is 15.7. The minimum Gasteiger partial charge on any atom is -0.348 e. The van der Waals surface area contributed by atoms with Gasteiger partial charge in [0.05, 0.1) is 5.69 Å². The van der Waals surface area contributed by atoms with Crippen LogP contribution in [0.2, 0.25) is 5.15 Å². The van der Waals surface area contributed by atoms with E-state index in [1.807, 2.05) is 20.2 Å². The van der Waals surface area contributed by atoms with Gasteiger partial charge in [-0.15, -0.1) is 0 Å². The lowest BCUT2D eigenvalue weighted by Crippen LogP contribution is -2.23. The van der Waals surface area contributed by atoms with E-state index in [2.05, 4.69) is 15.4 Å². The number of aromatic nitrogens is 3. The monoisotopic (exact) mass is 264 g/mol.